The Labute approximate surface area is 461 Å². The van der Waals surface area contributed by atoms with Crippen molar-refractivity contribution < 1.29 is 52.5 Å². The van der Waals surface area contributed by atoms with Gasteiger partial charge in [-0.15, -0.1) is 11.3 Å². The van der Waals surface area contributed by atoms with E-state index < -0.39 is 64.3 Å². The van der Waals surface area contributed by atoms with Crippen LogP contribution in [0.25, 0.3) is 0 Å². The van der Waals surface area contributed by atoms with E-state index >= 15 is 4.79 Å². The maximum Gasteiger partial charge on any atom is 0.407 e. The van der Waals surface area contributed by atoms with E-state index in [0.29, 0.717) is 49.6 Å². The molecule has 3 rings (SSSR count). The summed E-state index contributed by atoms with van der Waals surface area (Å²) in [6.07, 6.45) is 5.18. The van der Waals surface area contributed by atoms with Crippen molar-refractivity contribution in [3.8, 4) is 0 Å². The third-order valence-electron chi connectivity index (χ3n) is 14.3. The minimum absolute atomic E-state index is 0.000683. The number of thiazole rings is 1. The van der Waals surface area contributed by atoms with Crippen LogP contribution in [0.5, 0.6) is 0 Å². The number of carbonyl (C=O) groups is 6. The predicted octanol–water partition coefficient (Wildman–Crippen LogP) is 7.43. The highest BCUT2D eigenvalue weighted by molar-refractivity contribution is 7.09. The van der Waals surface area contributed by atoms with E-state index in [1.165, 1.54) is 12.1 Å². The maximum absolute atomic E-state index is 15.3. The minimum Gasteiger partial charge on any atom is -0.481 e. The van der Waals surface area contributed by atoms with Gasteiger partial charge in [0, 0.05) is 47.8 Å². The third-order valence-corrected chi connectivity index (χ3v) is 15.2. The molecular weight excluding hydrogens is 1010 g/mol. The van der Waals surface area contributed by atoms with Gasteiger partial charge in [-0.05, 0) is 89.1 Å². The lowest BCUT2D eigenvalue weighted by Gasteiger charge is -2.40. The first-order valence-electron chi connectivity index (χ1n) is 27.5. The number of aromatic nitrogens is 1. The van der Waals surface area contributed by atoms with Gasteiger partial charge in [-0.3, -0.25) is 28.9 Å². The molecule has 6 atom stereocenters. The van der Waals surface area contributed by atoms with Gasteiger partial charge in [0.25, 0.3) is 5.91 Å². The molecule has 21 heteroatoms. The molecule has 19 nitrogen and oxygen atoms in total. The molecule has 0 bridgehead atoms. The highest BCUT2D eigenvalue weighted by atomic mass is 32.1. The Kier molecular flexibility index (Phi) is 27.2. The molecule has 2 heterocycles. The normalized spacial score (nSPS) is 16.4. The monoisotopic (exact) mass is 1100 g/mol. The average molecular weight is 1100 g/mol. The van der Waals surface area contributed by atoms with E-state index in [1.807, 2.05) is 72.2 Å². The van der Waals surface area contributed by atoms with Crippen LogP contribution in [0.15, 0.2) is 23.6 Å². The fraction of sp³-hybridized carbons (Fsp3) is 0.732. The van der Waals surface area contributed by atoms with Gasteiger partial charge in [-0.2, -0.15) is 0 Å². The van der Waals surface area contributed by atoms with Crippen molar-refractivity contribution in [1.82, 2.24) is 36.1 Å². The summed E-state index contributed by atoms with van der Waals surface area (Å²) in [5.41, 5.74) is 9.30. The zero-order valence-corrected chi connectivity index (χ0v) is 49.0. The number of anilines is 1. The minimum atomic E-state index is -1.27. The van der Waals surface area contributed by atoms with Crippen LogP contribution in [0, 0.1) is 33.9 Å². The zero-order chi connectivity index (χ0) is 57.7. The lowest BCUT2D eigenvalue weighted by Crippen LogP contribution is -2.59. The number of likely N-dealkylation sites (tertiary alicyclic amines) is 1. The number of nitrogens with zero attached hydrogens (tertiary/aromatic N) is 3. The van der Waals surface area contributed by atoms with Gasteiger partial charge in [0.05, 0.1) is 43.5 Å². The molecule has 0 unspecified atom stereocenters. The molecule has 2 aromatic rings. The number of unbranched alkanes of at least 4 members (excludes halogenated alkanes) is 3. The number of piperidine rings is 1. The van der Waals surface area contributed by atoms with E-state index in [2.05, 4.69) is 28.2 Å². The molecule has 0 spiro atoms. The molecular formula is C56H94FN9O10S. The van der Waals surface area contributed by atoms with Crippen LogP contribution >= 0.6 is 11.3 Å². The van der Waals surface area contributed by atoms with Crippen LogP contribution in [0.1, 0.15) is 168 Å². The van der Waals surface area contributed by atoms with Gasteiger partial charge >= 0.3 is 12.1 Å². The van der Waals surface area contributed by atoms with Gasteiger partial charge in [-0.1, -0.05) is 100 Å². The fourth-order valence-electron chi connectivity index (χ4n) is 9.21. The first-order valence-corrected chi connectivity index (χ1v) is 28.4. The number of hydrogen-bond donors (Lipinski definition) is 7. The Morgan fingerprint density at radius 2 is 1.64 bits per heavy atom. The molecule has 0 aliphatic carbocycles. The number of nitrogens with two attached hydrogens (primary N) is 2. The number of rotatable bonds is 34. The van der Waals surface area contributed by atoms with Gasteiger partial charge in [-0.25, -0.2) is 14.2 Å². The zero-order valence-electron chi connectivity index (χ0n) is 48.2. The number of nitrogens with one attached hydrogen (secondary N) is 4. The number of halogens is 1. The van der Waals surface area contributed by atoms with E-state index in [4.69, 9.17) is 30.7 Å². The molecule has 1 saturated heterocycles. The van der Waals surface area contributed by atoms with Crippen molar-refractivity contribution >= 4 is 52.7 Å². The summed E-state index contributed by atoms with van der Waals surface area (Å²) in [6, 6.07) is 1.85. The van der Waals surface area contributed by atoms with E-state index in [0.717, 1.165) is 50.0 Å². The van der Waals surface area contributed by atoms with Gasteiger partial charge in [0.15, 0.2) is 6.10 Å². The molecule has 77 heavy (non-hydrogen) atoms. The summed E-state index contributed by atoms with van der Waals surface area (Å²) < 4.78 is 32.6. The Balaban J connectivity index is 2.01. The highest BCUT2D eigenvalue weighted by Crippen LogP contribution is 2.33. The number of carboxylic acids is 1. The molecule has 436 valence electrons. The molecule has 5 amide bonds. The first kappa shape index (κ1) is 66.3. The number of carbonyl (C=O) groups excluding carboxylic acids is 5. The van der Waals surface area contributed by atoms with Crippen molar-refractivity contribution in [3.05, 3.63) is 45.7 Å². The molecule has 1 aliphatic rings. The van der Waals surface area contributed by atoms with Crippen LogP contribution in [0.3, 0.4) is 0 Å². The quantitative estimate of drug-likeness (QED) is 0.0204. The SMILES string of the molecule is CCCCCCN(C(=O)[C@@H](NC(=O)[C@H]1CCCCN1C)[C@@H](C)CC)[C@H](C[C@@H](OC(=O)NCC(C)(C)COCC(C)(C)COCNC(=O)CN)c1nc(C(=O)N[C@@H](Cc2ccc(N)c(F)c2)CC(C)(C)C(=O)O)cs1)C(C)C. The maximum atomic E-state index is 15.3. The number of nitrogen functional groups attached to an aromatic ring is 1. The molecule has 1 aromatic carbocycles. The summed E-state index contributed by atoms with van der Waals surface area (Å²) in [4.78, 5) is 90.0. The van der Waals surface area contributed by atoms with Gasteiger partial charge in [0.1, 0.15) is 29.3 Å². The summed E-state index contributed by atoms with van der Waals surface area (Å²) >= 11 is 1.11. The summed E-state index contributed by atoms with van der Waals surface area (Å²) in [7, 11) is 1.94. The van der Waals surface area contributed by atoms with E-state index in [-0.39, 0.29) is 92.7 Å². The second kappa shape index (κ2) is 31.6. The number of benzene rings is 1. The summed E-state index contributed by atoms with van der Waals surface area (Å²) in [5.74, 6) is -3.40. The molecule has 0 radical (unpaired) electrons. The van der Waals surface area contributed by atoms with Crippen molar-refractivity contribution in [2.45, 2.75) is 177 Å². The molecule has 1 aromatic heterocycles. The molecule has 1 fully saturated rings. The van der Waals surface area contributed by atoms with Gasteiger partial charge in [0.2, 0.25) is 17.7 Å². The van der Waals surface area contributed by atoms with Crippen LogP contribution in [0.2, 0.25) is 0 Å². The highest BCUT2D eigenvalue weighted by Gasteiger charge is 2.40. The Morgan fingerprint density at radius 1 is 0.948 bits per heavy atom. The second-order valence-electron chi connectivity index (χ2n) is 23.6. The lowest BCUT2D eigenvalue weighted by atomic mass is 9.84. The fourth-order valence-corrected chi connectivity index (χ4v) is 10.1. The molecule has 0 saturated carbocycles. The number of aliphatic carboxylic acids is 1. The summed E-state index contributed by atoms with van der Waals surface area (Å²) in [5, 5.41) is 23.5. The third kappa shape index (κ3) is 22.4. The molecule has 1 aliphatic heterocycles. The van der Waals surface area contributed by atoms with Crippen LogP contribution in [-0.2, 0) is 39.8 Å². The number of ether oxygens (including phenoxy) is 3. The van der Waals surface area contributed by atoms with E-state index in [9.17, 15) is 33.5 Å². The number of amides is 5. The van der Waals surface area contributed by atoms with Crippen molar-refractivity contribution in [1.29, 1.82) is 0 Å². The largest absolute Gasteiger partial charge is 0.481 e. The van der Waals surface area contributed by atoms with Crippen LogP contribution in [-0.4, -0.2) is 140 Å². The van der Waals surface area contributed by atoms with Crippen molar-refractivity contribution in [2.24, 2.45) is 33.8 Å². The Hall–Kier alpha value is -4.96. The smallest absolute Gasteiger partial charge is 0.407 e. The first-order chi connectivity index (χ1) is 36.1. The van der Waals surface area contributed by atoms with Crippen LogP contribution < -0.4 is 32.7 Å². The second-order valence-corrected chi connectivity index (χ2v) is 24.5. The average Bonchev–Trinajstić information content (AvgIpc) is 3.87. The van der Waals surface area contributed by atoms with Crippen molar-refractivity contribution in [2.75, 3.05) is 65.5 Å². The predicted molar refractivity (Wildman–Crippen MR) is 298 cm³/mol. The topological polar surface area (TPSA) is 270 Å². The Morgan fingerprint density at radius 3 is 2.26 bits per heavy atom. The Bertz CT molecular complexity index is 2210. The molecule has 9 N–H and O–H groups in total. The number of hydrogen-bond acceptors (Lipinski definition) is 14. The lowest BCUT2D eigenvalue weighted by molar-refractivity contribution is -0.147. The number of alkyl carbamates (subject to hydrolysis) is 1. The van der Waals surface area contributed by atoms with Crippen molar-refractivity contribution in [3.63, 3.8) is 0 Å². The standard InChI is InChI=1S/C56H94FN9O10S/c1-13-15-16-18-24-66(51(70)47(37(5)14-2)64-49(69)43-20-17-19-23-65(43)12)44(36(3)4)27-45(76-53(73)60-31-54(6,7)32-74-33-55(8,9)34-75-35-61-46(67)29-58)50-63-42(30-77-50)48(68)62-39(28-56(10,11)52(71)72)25-38-21-22-41(59)40(57)26-38/h21-22,26,30,36-37,39,43-45,47H,13-20,23-25,27-29,31-35,58-59H2,1-12H3,(H,60,73)(H,61,67)(H,62,68)(H,64,69)(H,71,72)/t37-,39-,43+,44+,45+,47-/m0/s1. The summed E-state index contributed by atoms with van der Waals surface area (Å²) in [6.45, 7) is 23.1. The van der Waals surface area contributed by atoms with Crippen LogP contribution in [0.4, 0.5) is 14.9 Å². The van der Waals surface area contributed by atoms with Gasteiger partial charge < -0.3 is 57.0 Å². The van der Waals surface area contributed by atoms with E-state index in [1.54, 1.807) is 25.3 Å². The number of likely N-dealkylation sites (N-methyl/N-ethyl adjacent to an activating group) is 1. The number of carboxylic acid groups (broad SMARTS) is 1.